The average molecular weight is 259 g/mol. The molecule has 0 radical (unpaired) electrons. The highest BCUT2D eigenvalue weighted by Crippen LogP contribution is 2.28. The van der Waals surface area contributed by atoms with E-state index < -0.39 is 0 Å². The Morgan fingerprint density at radius 1 is 1.17 bits per heavy atom. The first-order chi connectivity index (χ1) is 8.60. The summed E-state index contributed by atoms with van der Waals surface area (Å²) in [7, 11) is 0. The highest BCUT2D eigenvalue weighted by Gasteiger charge is 2.09. The van der Waals surface area contributed by atoms with Crippen molar-refractivity contribution in [2.24, 2.45) is 0 Å². The molecule has 1 aromatic carbocycles. The molecule has 2 aromatic rings. The molecule has 1 atom stereocenters. The number of benzene rings is 1. The number of thiophene rings is 1. The molecule has 0 saturated heterocycles. The zero-order chi connectivity index (χ0) is 13.1. The second-order valence-corrected chi connectivity index (χ2v) is 6.04. The maximum absolute atomic E-state index is 3.62. The Labute approximate surface area is 114 Å². The van der Waals surface area contributed by atoms with Crippen LogP contribution in [-0.2, 0) is 6.42 Å². The minimum atomic E-state index is 0.371. The van der Waals surface area contributed by atoms with Crippen molar-refractivity contribution in [2.45, 2.75) is 40.2 Å². The summed E-state index contributed by atoms with van der Waals surface area (Å²) in [5, 5.41) is 3.62. The summed E-state index contributed by atoms with van der Waals surface area (Å²) in [5.41, 5.74) is 3.85. The van der Waals surface area contributed by atoms with Crippen LogP contribution in [0.2, 0.25) is 0 Å². The van der Waals surface area contributed by atoms with Gasteiger partial charge in [-0.25, -0.2) is 0 Å². The number of aryl methyl sites for hydroxylation is 3. The van der Waals surface area contributed by atoms with Crippen LogP contribution in [0, 0.1) is 13.8 Å². The van der Waals surface area contributed by atoms with Crippen LogP contribution >= 0.6 is 11.3 Å². The van der Waals surface area contributed by atoms with Gasteiger partial charge in [-0.3, -0.25) is 0 Å². The Hall–Kier alpha value is -1.28. The van der Waals surface area contributed by atoms with Gasteiger partial charge in [-0.1, -0.05) is 19.1 Å². The van der Waals surface area contributed by atoms with Gasteiger partial charge in [0.05, 0.1) is 6.04 Å². The largest absolute Gasteiger partial charge is 0.377 e. The van der Waals surface area contributed by atoms with Crippen LogP contribution in [0.25, 0.3) is 0 Å². The molecule has 0 fully saturated rings. The Kier molecular flexibility index (Phi) is 4.07. The summed E-state index contributed by atoms with van der Waals surface area (Å²) in [4.78, 5) is 2.87. The zero-order valence-corrected chi connectivity index (χ0v) is 12.4. The predicted molar refractivity (Wildman–Crippen MR) is 81.7 cm³/mol. The lowest BCUT2D eigenvalue weighted by Gasteiger charge is -2.16. The number of hydrogen-bond donors (Lipinski definition) is 1. The molecule has 0 spiro atoms. The maximum atomic E-state index is 3.62. The predicted octanol–water partition coefficient (Wildman–Crippen LogP) is 5.10. The Morgan fingerprint density at radius 3 is 2.61 bits per heavy atom. The third kappa shape index (κ3) is 2.94. The molecule has 1 aromatic heterocycles. The molecule has 1 N–H and O–H groups in total. The quantitative estimate of drug-likeness (QED) is 0.805. The maximum Gasteiger partial charge on any atom is 0.0578 e. The van der Waals surface area contributed by atoms with Crippen molar-refractivity contribution >= 4 is 17.0 Å². The van der Waals surface area contributed by atoms with Gasteiger partial charge in [-0.05, 0) is 56.5 Å². The zero-order valence-electron chi connectivity index (χ0n) is 11.6. The fraction of sp³-hybridized carbons (Fsp3) is 0.375. The smallest absolute Gasteiger partial charge is 0.0578 e. The lowest BCUT2D eigenvalue weighted by atomic mass is 10.1. The Bertz CT molecular complexity index is 528. The summed E-state index contributed by atoms with van der Waals surface area (Å²) >= 11 is 1.91. The van der Waals surface area contributed by atoms with Gasteiger partial charge >= 0.3 is 0 Å². The fourth-order valence-electron chi connectivity index (χ4n) is 2.01. The van der Waals surface area contributed by atoms with Crippen LogP contribution in [0.3, 0.4) is 0 Å². The molecule has 0 aliphatic carbocycles. The van der Waals surface area contributed by atoms with E-state index >= 15 is 0 Å². The van der Waals surface area contributed by atoms with Gasteiger partial charge in [0.15, 0.2) is 0 Å². The minimum absolute atomic E-state index is 0.371. The molecular weight excluding hydrogens is 238 g/mol. The normalized spacial score (nSPS) is 12.4. The molecule has 0 aliphatic heterocycles. The van der Waals surface area contributed by atoms with E-state index in [2.05, 4.69) is 63.3 Å². The van der Waals surface area contributed by atoms with Crippen LogP contribution in [0.15, 0.2) is 30.3 Å². The lowest BCUT2D eigenvalue weighted by Crippen LogP contribution is -2.06. The number of nitrogens with one attached hydrogen (secondary N) is 1. The molecular formula is C16H21NS. The van der Waals surface area contributed by atoms with Gasteiger partial charge in [0, 0.05) is 15.4 Å². The van der Waals surface area contributed by atoms with Crippen molar-refractivity contribution in [3.05, 3.63) is 51.2 Å². The van der Waals surface area contributed by atoms with Crippen molar-refractivity contribution in [3.8, 4) is 0 Å². The van der Waals surface area contributed by atoms with Gasteiger partial charge in [0.25, 0.3) is 0 Å². The molecule has 18 heavy (non-hydrogen) atoms. The van der Waals surface area contributed by atoms with Crippen molar-refractivity contribution in [1.29, 1.82) is 0 Å². The molecule has 0 bridgehead atoms. The van der Waals surface area contributed by atoms with E-state index in [9.17, 15) is 0 Å². The van der Waals surface area contributed by atoms with E-state index in [1.165, 1.54) is 26.6 Å². The van der Waals surface area contributed by atoms with E-state index in [-0.39, 0.29) is 0 Å². The van der Waals surface area contributed by atoms with Crippen LogP contribution in [0.4, 0.5) is 5.69 Å². The molecule has 1 unspecified atom stereocenters. The summed E-state index contributed by atoms with van der Waals surface area (Å²) in [5.74, 6) is 0. The third-order valence-electron chi connectivity index (χ3n) is 3.22. The Balaban J connectivity index is 2.15. The average Bonchev–Trinajstić information content (AvgIpc) is 2.82. The molecule has 0 saturated carbocycles. The van der Waals surface area contributed by atoms with Crippen LogP contribution < -0.4 is 5.32 Å². The SMILES string of the molecule is CCc1ccc(C(C)Nc2cc(C)ccc2C)s1. The topological polar surface area (TPSA) is 12.0 Å². The standard InChI is InChI=1S/C16H21NS/c1-5-14-8-9-16(18-14)13(4)17-15-10-11(2)6-7-12(15)3/h6-10,13,17H,5H2,1-4H3. The molecule has 2 rings (SSSR count). The summed E-state index contributed by atoms with van der Waals surface area (Å²) in [6.45, 7) is 8.72. The first-order valence-corrected chi connectivity index (χ1v) is 7.34. The van der Waals surface area contributed by atoms with Crippen LogP contribution in [0.1, 0.15) is 40.8 Å². The molecule has 0 aliphatic rings. The van der Waals surface area contributed by atoms with Gasteiger partial charge < -0.3 is 5.32 Å². The van der Waals surface area contributed by atoms with Crippen LogP contribution in [0.5, 0.6) is 0 Å². The van der Waals surface area contributed by atoms with Crippen LogP contribution in [-0.4, -0.2) is 0 Å². The minimum Gasteiger partial charge on any atom is -0.377 e. The highest BCUT2D eigenvalue weighted by atomic mass is 32.1. The second-order valence-electron chi connectivity index (χ2n) is 4.84. The lowest BCUT2D eigenvalue weighted by molar-refractivity contribution is 0.905. The van der Waals surface area contributed by atoms with Crippen molar-refractivity contribution in [1.82, 2.24) is 0 Å². The molecule has 96 valence electrons. The van der Waals surface area contributed by atoms with E-state index in [1.807, 2.05) is 11.3 Å². The first-order valence-electron chi connectivity index (χ1n) is 6.52. The molecule has 2 heteroatoms. The summed E-state index contributed by atoms with van der Waals surface area (Å²) in [6, 6.07) is 11.4. The molecule has 1 heterocycles. The monoisotopic (exact) mass is 259 g/mol. The number of anilines is 1. The summed E-state index contributed by atoms with van der Waals surface area (Å²) < 4.78 is 0. The fourth-order valence-corrected chi connectivity index (χ4v) is 2.97. The van der Waals surface area contributed by atoms with Crippen molar-refractivity contribution in [3.63, 3.8) is 0 Å². The first kappa shape index (κ1) is 13.2. The van der Waals surface area contributed by atoms with E-state index in [4.69, 9.17) is 0 Å². The van der Waals surface area contributed by atoms with Gasteiger partial charge in [0.1, 0.15) is 0 Å². The van der Waals surface area contributed by atoms with E-state index in [0.29, 0.717) is 6.04 Å². The second kappa shape index (κ2) is 5.57. The molecule has 0 amide bonds. The molecule has 1 nitrogen and oxygen atoms in total. The van der Waals surface area contributed by atoms with Gasteiger partial charge in [0.2, 0.25) is 0 Å². The van der Waals surface area contributed by atoms with Gasteiger partial charge in [-0.15, -0.1) is 11.3 Å². The highest BCUT2D eigenvalue weighted by molar-refractivity contribution is 7.12. The summed E-state index contributed by atoms with van der Waals surface area (Å²) in [6.07, 6.45) is 1.13. The van der Waals surface area contributed by atoms with Gasteiger partial charge in [-0.2, -0.15) is 0 Å². The van der Waals surface area contributed by atoms with E-state index in [0.717, 1.165) is 6.42 Å². The van der Waals surface area contributed by atoms with Crippen molar-refractivity contribution in [2.75, 3.05) is 5.32 Å². The Morgan fingerprint density at radius 2 is 1.94 bits per heavy atom. The number of hydrogen-bond acceptors (Lipinski definition) is 2. The third-order valence-corrected chi connectivity index (χ3v) is 4.64. The van der Waals surface area contributed by atoms with Crippen molar-refractivity contribution < 1.29 is 0 Å². The number of rotatable bonds is 4. The van der Waals surface area contributed by atoms with E-state index in [1.54, 1.807) is 0 Å².